The van der Waals surface area contributed by atoms with Crippen molar-refractivity contribution in [1.29, 1.82) is 0 Å². The molecule has 28 heavy (non-hydrogen) atoms. The minimum Gasteiger partial charge on any atom is -0.346 e. The van der Waals surface area contributed by atoms with Crippen LogP contribution in [0.15, 0.2) is 59.5 Å². The zero-order chi connectivity index (χ0) is 21.2. The summed E-state index contributed by atoms with van der Waals surface area (Å²) in [4.78, 5) is 12.1. The van der Waals surface area contributed by atoms with Crippen molar-refractivity contribution in [3.05, 3.63) is 65.7 Å². The quantitative estimate of drug-likeness (QED) is 0.765. The monoisotopic (exact) mass is 410 g/mol. The molecule has 0 aliphatic rings. The summed E-state index contributed by atoms with van der Waals surface area (Å²) in [5.41, 5.74) is -0.0990. The summed E-state index contributed by atoms with van der Waals surface area (Å²) in [6.45, 7) is 6.47. The number of sulfonamides is 1. The Balaban J connectivity index is 2.46. The van der Waals surface area contributed by atoms with Crippen LogP contribution in [0.5, 0.6) is 0 Å². The lowest BCUT2D eigenvalue weighted by Gasteiger charge is -2.30. The molecule has 0 aliphatic carbocycles. The van der Waals surface area contributed by atoms with Crippen molar-refractivity contribution >= 4 is 15.9 Å². The van der Waals surface area contributed by atoms with Gasteiger partial charge in [0.1, 0.15) is 6.04 Å². The number of hydrogen-bond acceptors (Lipinski definition) is 3. The second-order valence-electron chi connectivity index (χ2n) is 7.61. The van der Waals surface area contributed by atoms with Gasteiger partial charge in [0.25, 0.3) is 5.91 Å². The SMILES string of the molecule is Cc1ccc(S(=O)(=O)NC(c2ccccc2)C(F)(F)C(=O)NC(C)(C)C)cc1. The van der Waals surface area contributed by atoms with Gasteiger partial charge in [-0.05, 0) is 45.4 Å². The van der Waals surface area contributed by atoms with Crippen molar-refractivity contribution in [2.75, 3.05) is 0 Å². The Bertz CT molecular complexity index is 922. The van der Waals surface area contributed by atoms with Crippen LogP contribution in [-0.4, -0.2) is 25.8 Å². The molecule has 0 aromatic heterocycles. The molecule has 0 radical (unpaired) electrons. The average Bonchev–Trinajstić information content (AvgIpc) is 2.59. The fourth-order valence-corrected chi connectivity index (χ4v) is 3.72. The molecular weight excluding hydrogens is 386 g/mol. The van der Waals surface area contributed by atoms with Crippen LogP contribution in [0.1, 0.15) is 37.9 Å². The van der Waals surface area contributed by atoms with E-state index >= 15 is 8.78 Å². The predicted molar refractivity (Wildman–Crippen MR) is 104 cm³/mol. The fraction of sp³-hybridized carbons (Fsp3) is 0.350. The first-order chi connectivity index (χ1) is 12.8. The number of nitrogens with one attached hydrogen (secondary N) is 2. The van der Waals surface area contributed by atoms with Crippen LogP contribution in [0, 0.1) is 6.92 Å². The second kappa shape index (κ2) is 7.97. The van der Waals surface area contributed by atoms with Gasteiger partial charge in [-0.3, -0.25) is 4.79 Å². The van der Waals surface area contributed by atoms with Gasteiger partial charge in [0, 0.05) is 5.54 Å². The number of rotatable bonds is 6. The lowest BCUT2D eigenvalue weighted by Crippen LogP contribution is -2.54. The molecule has 2 aromatic rings. The molecule has 2 aromatic carbocycles. The third-order valence-corrected chi connectivity index (χ3v) is 5.33. The van der Waals surface area contributed by atoms with Crippen LogP contribution in [0.2, 0.25) is 0 Å². The Morgan fingerprint density at radius 2 is 1.50 bits per heavy atom. The first kappa shape index (κ1) is 22.0. The van der Waals surface area contributed by atoms with Gasteiger partial charge >= 0.3 is 5.92 Å². The Morgan fingerprint density at radius 1 is 0.964 bits per heavy atom. The number of carbonyl (C=O) groups is 1. The molecule has 152 valence electrons. The maximum atomic E-state index is 15.1. The van der Waals surface area contributed by atoms with Gasteiger partial charge in [0.2, 0.25) is 10.0 Å². The van der Waals surface area contributed by atoms with Crippen LogP contribution in [-0.2, 0) is 14.8 Å². The van der Waals surface area contributed by atoms with E-state index in [4.69, 9.17) is 0 Å². The molecule has 0 saturated heterocycles. The molecule has 8 heteroatoms. The Labute approximate surface area is 164 Å². The van der Waals surface area contributed by atoms with Gasteiger partial charge in [-0.15, -0.1) is 0 Å². The highest BCUT2D eigenvalue weighted by Crippen LogP contribution is 2.33. The van der Waals surface area contributed by atoms with E-state index in [1.807, 2.05) is 4.72 Å². The van der Waals surface area contributed by atoms with Crippen LogP contribution < -0.4 is 10.0 Å². The lowest BCUT2D eigenvalue weighted by atomic mass is 9.99. The largest absolute Gasteiger partial charge is 0.346 e. The van der Waals surface area contributed by atoms with Crippen molar-refractivity contribution in [3.8, 4) is 0 Å². The predicted octanol–water partition coefficient (Wildman–Crippen LogP) is 3.56. The summed E-state index contributed by atoms with van der Waals surface area (Å²) in [5, 5.41) is 2.22. The van der Waals surface area contributed by atoms with E-state index in [1.165, 1.54) is 36.4 Å². The molecule has 1 atom stereocenters. The number of amides is 1. The van der Waals surface area contributed by atoms with Crippen LogP contribution in [0.25, 0.3) is 0 Å². The van der Waals surface area contributed by atoms with Crippen LogP contribution in [0.4, 0.5) is 8.78 Å². The molecular formula is C20H24F2N2O3S. The van der Waals surface area contributed by atoms with E-state index in [9.17, 15) is 13.2 Å². The minimum atomic E-state index is -4.29. The van der Waals surface area contributed by atoms with Gasteiger partial charge in [0.05, 0.1) is 4.90 Å². The van der Waals surface area contributed by atoms with Crippen molar-refractivity contribution in [2.45, 2.75) is 50.1 Å². The second-order valence-corrected chi connectivity index (χ2v) is 9.32. The Morgan fingerprint density at radius 3 is 2.00 bits per heavy atom. The summed E-state index contributed by atoms with van der Waals surface area (Å²) >= 11 is 0. The van der Waals surface area contributed by atoms with E-state index in [-0.39, 0.29) is 10.5 Å². The van der Waals surface area contributed by atoms with E-state index in [0.717, 1.165) is 5.56 Å². The number of hydrogen-bond donors (Lipinski definition) is 2. The highest BCUT2D eigenvalue weighted by atomic mass is 32.2. The van der Waals surface area contributed by atoms with Gasteiger partial charge in [-0.25, -0.2) is 8.42 Å². The molecule has 1 unspecified atom stereocenters. The van der Waals surface area contributed by atoms with Crippen molar-refractivity contribution in [3.63, 3.8) is 0 Å². The maximum absolute atomic E-state index is 15.1. The number of aryl methyl sites for hydroxylation is 1. The lowest BCUT2D eigenvalue weighted by molar-refractivity contribution is -0.151. The summed E-state index contributed by atoms with van der Waals surface area (Å²) < 4.78 is 57.6. The number of alkyl halides is 2. The molecule has 2 rings (SSSR count). The third-order valence-electron chi connectivity index (χ3n) is 3.89. The van der Waals surface area contributed by atoms with Crippen LogP contribution in [0.3, 0.4) is 0 Å². The number of benzene rings is 2. The van der Waals surface area contributed by atoms with E-state index in [0.29, 0.717) is 0 Å². The van der Waals surface area contributed by atoms with Crippen LogP contribution >= 0.6 is 0 Å². The molecule has 0 spiro atoms. The summed E-state index contributed by atoms with van der Waals surface area (Å²) in [6.07, 6.45) is 0. The van der Waals surface area contributed by atoms with Crippen molar-refractivity contribution in [2.24, 2.45) is 0 Å². The number of carbonyl (C=O) groups excluding carboxylic acids is 1. The normalized spacial score (nSPS) is 13.8. The first-order valence-corrected chi connectivity index (χ1v) is 10.2. The third kappa shape index (κ3) is 5.36. The van der Waals surface area contributed by atoms with E-state index in [1.54, 1.807) is 45.9 Å². The average molecular weight is 410 g/mol. The van der Waals surface area contributed by atoms with Crippen molar-refractivity contribution < 1.29 is 22.0 Å². The smallest absolute Gasteiger partial charge is 0.344 e. The zero-order valence-corrected chi connectivity index (χ0v) is 17.0. The van der Waals surface area contributed by atoms with E-state index in [2.05, 4.69) is 5.32 Å². The number of halogens is 2. The maximum Gasteiger partial charge on any atom is 0.344 e. The molecule has 0 saturated carbocycles. The Hall–Kier alpha value is -2.32. The highest BCUT2D eigenvalue weighted by Gasteiger charge is 2.50. The first-order valence-electron chi connectivity index (χ1n) is 8.67. The topological polar surface area (TPSA) is 75.3 Å². The molecule has 0 heterocycles. The summed E-state index contributed by atoms with van der Waals surface area (Å²) in [6, 6.07) is 11.0. The minimum absolute atomic E-state index is 0.0211. The van der Waals surface area contributed by atoms with Gasteiger partial charge in [-0.1, -0.05) is 48.0 Å². The molecule has 0 fully saturated rings. The molecule has 5 nitrogen and oxygen atoms in total. The highest BCUT2D eigenvalue weighted by molar-refractivity contribution is 7.89. The molecule has 0 bridgehead atoms. The standard InChI is InChI=1S/C20H24F2N2O3S/c1-14-10-12-16(13-11-14)28(26,27)24-17(15-8-6-5-7-9-15)20(21,22)18(25)23-19(2,3)4/h5-13,17,24H,1-4H3,(H,23,25). The fourth-order valence-electron chi connectivity index (χ4n) is 2.49. The van der Waals surface area contributed by atoms with Gasteiger partial charge in [-0.2, -0.15) is 13.5 Å². The van der Waals surface area contributed by atoms with Crippen molar-refractivity contribution in [1.82, 2.24) is 10.0 Å². The molecule has 0 aliphatic heterocycles. The van der Waals surface area contributed by atoms with E-state index < -0.39 is 33.4 Å². The molecule has 1 amide bonds. The molecule has 2 N–H and O–H groups in total. The zero-order valence-electron chi connectivity index (χ0n) is 16.2. The summed E-state index contributed by atoms with van der Waals surface area (Å²) in [5.74, 6) is -5.58. The Kier molecular flexibility index (Phi) is 6.25. The van der Waals surface area contributed by atoms with Gasteiger partial charge in [0.15, 0.2) is 0 Å². The summed E-state index contributed by atoms with van der Waals surface area (Å²) in [7, 11) is -4.29. The van der Waals surface area contributed by atoms with Gasteiger partial charge < -0.3 is 5.32 Å².